The molecule has 0 aromatic heterocycles. The standard InChI is InChI=1S/C20H16ClF3N2O2/c1-12(2)28-18-7-6-13(9-17(18)21)8-14(11-25)19(27)26-16-5-3-4-15(10-16)20(22,23)24/h3-10,12H,1-2H3,(H,26,27)/b14-8+. The Morgan fingerprint density at radius 2 is 1.96 bits per heavy atom. The van der Waals surface area contributed by atoms with E-state index in [2.05, 4.69) is 5.32 Å². The first-order valence-electron chi connectivity index (χ1n) is 8.16. The third kappa shape index (κ3) is 5.76. The molecule has 0 aliphatic heterocycles. The van der Waals surface area contributed by atoms with E-state index in [1.807, 2.05) is 13.8 Å². The van der Waals surface area contributed by atoms with E-state index < -0.39 is 17.6 Å². The Morgan fingerprint density at radius 1 is 1.25 bits per heavy atom. The molecule has 1 N–H and O–H groups in total. The number of carbonyl (C=O) groups is 1. The Morgan fingerprint density at radius 3 is 2.54 bits per heavy atom. The number of rotatable bonds is 5. The minimum atomic E-state index is -4.54. The molecule has 0 radical (unpaired) electrons. The van der Waals surface area contributed by atoms with Crippen LogP contribution in [-0.2, 0) is 11.0 Å². The maximum atomic E-state index is 12.8. The quantitative estimate of drug-likeness (QED) is 0.510. The van der Waals surface area contributed by atoms with Crippen molar-refractivity contribution in [1.29, 1.82) is 5.26 Å². The number of anilines is 1. The van der Waals surface area contributed by atoms with Crippen molar-refractivity contribution in [2.45, 2.75) is 26.1 Å². The van der Waals surface area contributed by atoms with E-state index in [4.69, 9.17) is 16.3 Å². The minimum Gasteiger partial charge on any atom is -0.489 e. The second-order valence-electron chi connectivity index (χ2n) is 6.06. The zero-order valence-corrected chi connectivity index (χ0v) is 15.7. The van der Waals surface area contributed by atoms with Crippen LogP contribution in [0, 0.1) is 11.3 Å². The van der Waals surface area contributed by atoms with Gasteiger partial charge in [0.1, 0.15) is 17.4 Å². The van der Waals surface area contributed by atoms with E-state index in [0.717, 1.165) is 12.1 Å². The number of nitriles is 1. The first-order chi connectivity index (χ1) is 13.1. The molecule has 0 bridgehead atoms. The summed E-state index contributed by atoms with van der Waals surface area (Å²) < 4.78 is 43.8. The fourth-order valence-corrected chi connectivity index (χ4v) is 2.48. The lowest BCUT2D eigenvalue weighted by Crippen LogP contribution is -2.14. The second-order valence-corrected chi connectivity index (χ2v) is 6.47. The van der Waals surface area contributed by atoms with Crippen LogP contribution in [0.2, 0.25) is 5.02 Å². The van der Waals surface area contributed by atoms with Gasteiger partial charge in [0, 0.05) is 5.69 Å². The molecule has 0 aliphatic rings. The fourth-order valence-electron chi connectivity index (χ4n) is 2.24. The number of ether oxygens (including phenoxy) is 1. The normalized spacial score (nSPS) is 11.9. The van der Waals surface area contributed by atoms with Gasteiger partial charge in [0.2, 0.25) is 0 Å². The van der Waals surface area contributed by atoms with Gasteiger partial charge in [-0.15, -0.1) is 0 Å². The first kappa shape index (κ1) is 21.3. The van der Waals surface area contributed by atoms with Gasteiger partial charge < -0.3 is 10.1 Å². The molecule has 0 atom stereocenters. The Bertz CT molecular complexity index is 947. The van der Waals surface area contributed by atoms with Gasteiger partial charge in [-0.1, -0.05) is 23.7 Å². The molecule has 0 unspecified atom stereocenters. The van der Waals surface area contributed by atoms with E-state index in [1.54, 1.807) is 18.2 Å². The number of hydrogen-bond acceptors (Lipinski definition) is 3. The van der Waals surface area contributed by atoms with Gasteiger partial charge in [0.05, 0.1) is 16.7 Å². The molecule has 2 rings (SSSR count). The van der Waals surface area contributed by atoms with Crippen molar-refractivity contribution in [3.05, 3.63) is 64.2 Å². The molecule has 1 amide bonds. The Hall–Kier alpha value is -2.98. The fraction of sp³-hybridized carbons (Fsp3) is 0.200. The maximum absolute atomic E-state index is 12.8. The summed E-state index contributed by atoms with van der Waals surface area (Å²) in [6, 6.07) is 10.6. The largest absolute Gasteiger partial charge is 0.489 e. The van der Waals surface area contributed by atoms with Crippen LogP contribution < -0.4 is 10.1 Å². The van der Waals surface area contributed by atoms with E-state index in [1.165, 1.54) is 24.3 Å². The Kier molecular flexibility index (Phi) is 6.71. The highest BCUT2D eigenvalue weighted by Gasteiger charge is 2.30. The minimum absolute atomic E-state index is 0.0697. The smallest absolute Gasteiger partial charge is 0.416 e. The second kappa shape index (κ2) is 8.81. The predicted molar refractivity (Wildman–Crippen MR) is 101 cm³/mol. The average molecular weight is 409 g/mol. The van der Waals surface area contributed by atoms with Crippen LogP contribution in [0.15, 0.2) is 48.0 Å². The van der Waals surface area contributed by atoms with Crippen LogP contribution in [0.25, 0.3) is 6.08 Å². The monoisotopic (exact) mass is 408 g/mol. The summed E-state index contributed by atoms with van der Waals surface area (Å²) in [4.78, 5) is 12.3. The molecule has 0 fully saturated rings. The molecule has 8 heteroatoms. The zero-order chi connectivity index (χ0) is 20.9. The van der Waals surface area contributed by atoms with E-state index >= 15 is 0 Å². The summed E-state index contributed by atoms with van der Waals surface area (Å²) in [6.45, 7) is 3.69. The lowest BCUT2D eigenvalue weighted by Gasteiger charge is -2.11. The van der Waals surface area contributed by atoms with Gasteiger partial charge in [-0.05, 0) is 55.8 Å². The summed E-state index contributed by atoms with van der Waals surface area (Å²) in [6.07, 6.45) is -3.33. The molecule has 0 saturated heterocycles. The number of amides is 1. The average Bonchev–Trinajstić information content (AvgIpc) is 2.61. The SMILES string of the molecule is CC(C)Oc1ccc(/C=C(\C#N)C(=O)Nc2cccc(C(F)(F)F)c2)cc1Cl. The van der Waals surface area contributed by atoms with E-state index in [-0.39, 0.29) is 17.4 Å². The molecule has 0 spiro atoms. The predicted octanol–water partition coefficient (Wildman–Crippen LogP) is 5.69. The van der Waals surface area contributed by atoms with Crippen LogP contribution in [0.4, 0.5) is 18.9 Å². The number of nitrogens with zero attached hydrogens (tertiary/aromatic N) is 1. The van der Waals surface area contributed by atoms with Crippen molar-refractivity contribution in [3.63, 3.8) is 0 Å². The van der Waals surface area contributed by atoms with Crippen molar-refractivity contribution in [2.24, 2.45) is 0 Å². The summed E-state index contributed by atoms with van der Waals surface area (Å²) in [5.74, 6) is -0.374. The molecule has 0 saturated carbocycles. The topological polar surface area (TPSA) is 62.1 Å². The van der Waals surface area contributed by atoms with Gasteiger partial charge in [0.25, 0.3) is 5.91 Å². The number of halogens is 4. The van der Waals surface area contributed by atoms with Gasteiger partial charge in [-0.2, -0.15) is 18.4 Å². The summed E-state index contributed by atoms with van der Waals surface area (Å²) in [5.41, 5.74) is -0.789. The third-order valence-corrected chi connectivity index (χ3v) is 3.74. The van der Waals surface area contributed by atoms with Crippen molar-refractivity contribution < 1.29 is 22.7 Å². The van der Waals surface area contributed by atoms with Gasteiger partial charge in [-0.3, -0.25) is 4.79 Å². The summed E-state index contributed by atoms with van der Waals surface area (Å²) >= 11 is 6.13. The number of nitrogens with one attached hydrogen (secondary N) is 1. The molecule has 0 heterocycles. The van der Waals surface area contributed by atoms with E-state index in [9.17, 15) is 23.2 Å². The van der Waals surface area contributed by atoms with Crippen molar-refractivity contribution in [3.8, 4) is 11.8 Å². The van der Waals surface area contributed by atoms with Gasteiger partial charge in [-0.25, -0.2) is 0 Å². The molecular weight excluding hydrogens is 393 g/mol. The number of benzene rings is 2. The van der Waals surface area contributed by atoms with Crippen LogP contribution in [0.3, 0.4) is 0 Å². The highest BCUT2D eigenvalue weighted by molar-refractivity contribution is 6.32. The number of hydrogen-bond donors (Lipinski definition) is 1. The Balaban J connectivity index is 2.22. The van der Waals surface area contributed by atoms with Gasteiger partial charge >= 0.3 is 6.18 Å². The lowest BCUT2D eigenvalue weighted by atomic mass is 10.1. The van der Waals surface area contributed by atoms with Gasteiger partial charge in [0.15, 0.2) is 0 Å². The lowest BCUT2D eigenvalue weighted by molar-refractivity contribution is -0.137. The number of carbonyl (C=O) groups excluding carboxylic acids is 1. The van der Waals surface area contributed by atoms with Crippen molar-refractivity contribution >= 4 is 29.3 Å². The number of alkyl halides is 3. The zero-order valence-electron chi connectivity index (χ0n) is 15.0. The van der Waals surface area contributed by atoms with Crippen LogP contribution in [0.1, 0.15) is 25.0 Å². The molecule has 2 aromatic carbocycles. The summed E-state index contributed by atoms with van der Waals surface area (Å²) in [5, 5.41) is 11.8. The first-order valence-corrected chi connectivity index (χ1v) is 8.54. The summed E-state index contributed by atoms with van der Waals surface area (Å²) in [7, 11) is 0. The van der Waals surface area contributed by atoms with Crippen molar-refractivity contribution in [1.82, 2.24) is 0 Å². The molecular formula is C20H16ClF3N2O2. The molecule has 146 valence electrons. The molecule has 28 heavy (non-hydrogen) atoms. The highest BCUT2D eigenvalue weighted by atomic mass is 35.5. The van der Waals surface area contributed by atoms with E-state index in [0.29, 0.717) is 16.3 Å². The molecule has 4 nitrogen and oxygen atoms in total. The third-order valence-electron chi connectivity index (χ3n) is 3.44. The van der Waals surface area contributed by atoms with Crippen LogP contribution in [-0.4, -0.2) is 12.0 Å². The van der Waals surface area contributed by atoms with Crippen LogP contribution >= 0.6 is 11.6 Å². The Labute approximate surface area is 165 Å². The van der Waals surface area contributed by atoms with Crippen molar-refractivity contribution in [2.75, 3.05) is 5.32 Å². The highest BCUT2D eigenvalue weighted by Crippen LogP contribution is 2.31. The molecule has 0 aliphatic carbocycles. The van der Waals surface area contributed by atoms with Crippen LogP contribution in [0.5, 0.6) is 5.75 Å². The molecule has 2 aromatic rings. The maximum Gasteiger partial charge on any atom is 0.416 e.